The van der Waals surface area contributed by atoms with E-state index < -0.39 is 24.0 Å². The number of halogens is 2. The molecule has 2 atom stereocenters. The second-order valence-electron chi connectivity index (χ2n) is 6.95. The number of aliphatic hydroxyl groups is 1. The van der Waals surface area contributed by atoms with Gasteiger partial charge in [0.05, 0.1) is 17.9 Å². The van der Waals surface area contributed by atoms with Crippen LogP contribution in [0.1, 0.15) is 48.2 Å². The van der Waals surface area contributed by atoms with Crippen LogP contribution >= 0.6 is 0 Å². The van der Waals surface area contributed by atoms with Gasteiger partial charge in [0, 0.05) is 26.1 Å². The summed E-state index contributed by atoms with van der Waals surface area (Å²) in [5.74, 6) is -0.751. The fourth-order valence-electron chi connectivity index (χ4n) is 3.50. The quantitative estimate of drug-likeness (QED) is 0.672. The van der Waals surface area contributed by atoms with Crippen LogP contribution in [0.4, 0.5) is 8.78 Å². The van der Waals surface area contributed by atoms with Crippen LogP contribution in [-0.4, -0.2) is 45.9 Å². The summed E-state index contributed by atoms with van der Waals surface area (Å²) < 4.78 is 26.8. The van der Waals surface area contributed by atoms with Gasteiger partial charge in [0.2, 0.25) is 5.91 Å². The molecule has 2 saturated carbocycles. The number of nitrogens with one attached hydrogen (secondary N) is 2. The molecule has 1 aromatic heterocycles. The zero-order valence-electron chi connectivity index (χ0n) is 14.0. The third-order valence-corrected chi connectivity index (χ3v) is 5.28. The van der Waals surface area contributed by atoms with E-state index in [1.54, 1.807) is 0 Å². The molecule has 25 heavy (non-hydrogen) atoms. The average molecular weight is 356 g/mol. The predicted octanol–water partition coefficient (Wildman–Crippen LogP) is 0.755. The van der Waals surface area contributed by atoms with E-state index in [9.17, 15) is 23.5 Å². The van der Waals surface area contributed by atoms with E-state index in [0.29, 0.717) is 0 Å². The summed E-state index contributed by atoms with van der Waals surface area (Å²) in [5, 5.41) is 18.6. The number of alkyl halides is 2. The molecule has 0 aromatic carbocycles. The molecule has 0 bridgehead atoms. The molecule has 7 nitrogen and oxygen atoms in total. The average Bonchev–Trinajstić information content (AvgIpc) is 3.20. The van der Waals surface area contributed by atoms with Crippen LogP contribution in [0.3, 0.4) is 0 Å². The third-order valence-electron chi connectivity index (χ3n) is 5.28. The van der Waals surface area contributed by atoms with E-state index in [1.807, 2.05) is 0 Å². The highest BCUT2D eigenvalue weighted by molar-refractivity contribution is 5.94. The van der Waals surface area contributed by atoms with Crippen molar-refractivity contribution in [2.75, 3.05) is 13.1 Å². The molecule has 2 amide bonds. The lowest BCUT2D eigenvalue weighted by molar-refractivity contribution is -0.124. The van der Waals surface area contributed by atoms with Crippen molar-refractivity contribution in [2.24, 2.45) is 18.4 Å². The first-order valence-corrected chi connectivity index (χ1v) is 8.38. The van der Waals surface area contributed by atoms with Gasteiger partial charge in [-0.15, -0.1) is 0 Å². The van der Waals surface area contributed by atoms with Gasteiger partial charge in [-0.3, -0.25) is 14.3 Å². The van der Waals surface area contributed by atoms with E-state index in [-0.39, 0.29) is 36.0 Å². The maximum atomic E-state index is 12.9. The lowest BCUT2D eigenvalue weighted by Gasteiger charge is -2.26. The van der Waals surface area contributed by atoms with E-state index in [1.165, 1.54) is 13.5 Å². The molecule has 2 fully saturated rings. The van der Waals surface area contributed by atoms with Crippen LogP contribution in [0, 0.1) is 11.3 Å². The van der Waals surface area contributed by atoms with E-state index in [0.717, 1.165) is 30.1 Å². The zero-order chi connectivity index (χ0) is 18.2. The largest absolute Gasteiger partial charge is 0.389 e. The Balaban J connectivity index is 1.43. The number of carbonyl (C=O) groups excluding carboxylic acids is 2. The SMILES string of the molecule is Cn1ncc(C(F)F)c1C(=O)NCC(O)CNC(=O)C1CC12CCC2. The molecule has 2 aliphatic carbocycles. The van der Waals surface area contributed by atoms with Crippen LogP contribution in [0.15, 0.2) is 6.20 Å². The summed E-state index contributed by atoms with van der Waals surface area (Å²) >= 11 is 0. The minimum Gasteiger partial charge on any atom is -0.389 e. The van der Waals surface area contributed by atoms with Gasteiger partial charge in [0.25, 0.3) is 12.3 Å². The van der Waals surface area contributed by atoms with Crippen molar-refractivity contribution in [2.45, 2.75) is 38.2 Å². The second-order valence-corrected chi connectivity index (χ2v) is 6.95. The van der Waals surface area contributed by atoms with Gasteiger partial charge in [-0.1, -0.05) is 6.42 Å². The predicted molar refractivity (Wildman–Crippen MR) is 83.9 cm³/mol. The number of aryl methyl sites for hydroxylation is 1. The number of hydrogen-bond acceptors (Lipinski definition) is 4. The molecule has 1 heterocycles. The van der Waals surface area contributed by atoms with Crippen LogP contribution < -0.4 is 10.6 Å². The Bertz CT molecular complexity index is 672. The number of aromatic nitrogens is 2. The first kappa shape index (κ1) is 17.8. The Morgan fingerprint density at radius 2 is 2.08 bits per heavy atom. The van der Waals surface area contributed by atoms with Crippen LogP contribution in [0.2, 0.25) is 0 Å². The molecule has 0 saturated heterocycles. The lowest BCUT2D eigenvalue weighted by Crippen LogP contribution is -2.41. The van der Waals surface area contributed by atoms with E-state index >= 15 is 0 Å². The van der Waals surface area contributed by atoms with Crippen molar-refractivity contribution in [3.05, 3.63) is 17.5 Å². The zero-order valence-corrected chi connectivity index (χ0v) is 14.0. The van der Waals surface area contributed by atoms with E-state index in [4.69, 9.17) is 0 Å². The number of rotatable bonds is 7. The molecular weight excluding hydrogens is 334 g/mol. The van der Waals surface area contributed by atoms with Gasteiger partial charge in [-0.25, -0.2) is 8.78 Å². The molecular formula is C16H22F2N4O3. The monoisotopic (exact) mass is 356 g/mol. The Morgan fingerprint density at radius 1 is 1.40 bits per heavy atom. The molecule has 1 aromatic rings. The summed E-state index contributed by atoms with van der Waals surface area (Å²) in [6, 6.07) is 0. The van der Waals surface area contributed by atoms with E-state index in [2.05, 4.69) is 15.7 Å². The van der Waals surface area contributed by atoms with Gasteiger partial charge >= 0.3 is 0 Å². The highest BCUT2D eigenvalue weighted by atomic mass is 19.3. The summed E-state index contributed by atoms with van der Waals surface area (Å²) in [7, 11) is 1.39. The molecule has 3 N–H and O–H groups in total. The Hall–Kier alpha value is -2.03. The van der Waals surface area contributed by atoms with Crippen molar-refractivity contribution >= 4 is 11.8 Å². The van der Waals surface area contributed by atoms with Gasteiger partial charge in [0.1, 0.15) is 5.69 Å². The van der Waals surface area contributed by atoms with Gasteiger partial charge < -0.3 is 15.7 Å². The van der Waals surface area contributed by atoms with Crippen molar-refractivity contribution in [3.8, 4) is 0 Å². The Kier molecular flexibility index (Phi) is 4.77. The summed E-state index contributed by atoms with van der Waals surface area (Å²) in [4.78, 5) is 24.0. The minimum absolute atomic E-state index is 0.0127. The maximum Gasteiger partial charge on any atom is 0.270 e. The highest BCUT2D eigenvalue weighted by Crippen LogP contribution is 2.65. The smallest absolute Gasteiger partial charge is 0.270 e. The molecule has 3 rings (SSSR count). The van der Waals surface area contributed by atoms with Gasteiger partial charge in [-0.05, 0) is 24.7 Å². The van der Waals surface area contributed by atoms with Crippen LogP contribution in [0.5, 0.6) is 0 Å². The maximum absolute atomic E-state index is 12.9. The third kappa shape index (κ3) is 3.51. The normalized spacial score (nSPS) is 21.7. The van der Waals surface area contributed by atoms with Crippen molar-refractivity contribution in [1.29, 1.82) is 0 Å². The molecule has 2 unspecified atom stereocenters. The topological polar surface area (TPSA) is 96.2 Å². The fraction of sp³-hybridized carbons (Fsp3) is 0.688. The van der Waals surface area contributed by atoms with Gasteiger partial charge in [0.15, 0.2) is 0 Å². The molecule has 2 aliphatic rings. The number of nitrogens with zero attached hydrogens (tertiary/aromatic N) is 2. The molecule has 1 spiro atoms. The van der Waals surface area contributed by atoms with Gasteiger partial charge in [-0.2, -0.15) is 5.10 Å². The Morgan fingerprint density at radius 3 is 2.64 bits per heavy atom. The fourth-order valence-corrected chi connectivity index (χ4v) is 3.50. The number of aliphatic hydroxyl groups excluding tert-OH is 1. The van der Waals surface area contributed by atoms with Crippen molar-refractivity contribution < 1.29 is 23.5 Å². The first-order valence-electron chi connectivity index (χ1n) is 8.38. The van der Waals surface area contributed by atoms with Crippen LogP contribution in [0.25, 0.3) is 0 Å². The summed E-state index contributed by atoms with van der Waals surface area (Å²) in [5.41, 5.74) is -0.479. The highest BCUT2D eigenvalue weighted by Gasteiger charge is 2.60. The minimum atomic E-state index is -2.81. The molecule has 9 heteroatoms. The number of hydrogen-bond donors (Lipinski definition) is 3. The number of carbonyl (C=O) groups is 2. The second kappa shape index (κ2) is 6.70. The summed E-state index contributed by atoms with van der Waals surface area (Å²) in [6.07, 6.45) is 1.43. The summed E-state index contributed by atoms with van der Waals surface area (Å²) in [6.45, 7) is -0.137. The van der Waals surface area contributed by atoms with Crippen LogP contribution in [-0.2, 0) is 11.8 Å². The van der Waals surface area contributed by atoms with Crippen molar-refractivity contribution in [3.63, 3.8) is 0 Å². The standard InChI is InChI=1S/C16H22F2N4O3/c1-22-12(10(8-21-22)13(17)18)15(25)20-7-9(23)6-19-14(24)11-5-16(11)3-2-4-16/h8-9,11,13,23H,2-7H2,1H3,(H,19,24)(H,20,25). The molecule has 138 valence electrons. The molecule has 0 aliphatic heterocycles. The van der Waals surface area contributed by atoms with Crippen molar-refractivity contribution in [1.82, 2.24) is 20.4 Å². The first-order chi connectivity index (χ1) is 11.8. The number of amides is 2. The lowest BCUT2D eigenvalue weighted by atomic mass is 9.80. The Labute approximate surface area is 143 Å². The molecule has 0 radical (unpaired) electrons.